The molecule has 0 amide bonds. The number of rotatable bonds is 20. The Labute approximate surface area is 664 Å². The number of fused-ring (bicyclic) bond motifs is 7. The van der Waals surface area contributed by atoms with Crippen LogP contribution in [-0.4, -0.2) is 397 Å². The van der Waals surface area contributed by atoms with Crippen molar-refractivity contribution in [2.45, 2.75) is 366 Å². The van der Waals surface area contributed by atoms with Gasteiger partial charge >= 0.3 is 5.97 Å². The van der Waals surface area contributed by atoms with Gasteiger partial charge in [-0.2, -0.15) is 0 Å². The van der Waals surface area contributed by atoms with Crippen molar-refractivity contribution in [1.29, 1.82) is 0 Å². The Morgan fingerprint density at radius 3 is 1.54 bits per heavy atom. The smallest absolute Gasteiger partial charge is 0.315 e. The molecule has 662 valence electrons. The molecule has 39 heteroatoms. The van der Waals surface area contributed by atoms with Crippen LogP contribution in [0.25, 0.3) is 0 Å². The Morgan fingerprint density at radius 2 is 0.913 bits per heavy atom. The molecule has 22 N–H and O–H groups in total. The van der Waals surface area contributed by atoms with Crippen molar-refractivity contribution >= 4 is 5.97 Å². The van der Waals surface area contributed by atoms with E-state index in [9.17, 15) is 112 Å². The third-order valence-corrected chi connectivity index (χ3v) is 29.0. The maximum Gasteiger partial charge on any atom is 0.315 e. The molecular formula is C76H124O39. The molecular weight excluding hydrogens is 1540 g/mol. The van der Waals surface area contributed by atoms with Gasteiger partial charge in [-0.25, -0.2) is 0 Å². The molecule has 0 spiro atoms. The van der Waals surface area contributed by atoms with Crippen LogP contribution in [0.4, 0.5) is 0 Å². The molecule has 5 aliphatic carbocycles. The van der Waals surface area contributed by atoms with Crippen LogP contribution in [0.15, 0.2) is 11.6 Å². The molecule has 46 atom stereocenters. The van der Waals surface area contributed by atoms with E-state index in [1.54, 1.807) is 0 Å². The number of hydrogen-bond acceptors (Lipinski definition) is 39. The molecule has 39 nitrogen and oxygen atoms in total. The number of carbonyl (C=O) groups is 1. The number of hydrogen-bond donors (Lipinski definition) is 22. The molecule has 4 saturated carbocycles. The lowest BCUT2D eigenvalue weighted by Crippen LogP contribution is -2.66. The molecule has 0 bridgehead atoms. The van der Waals surface area contributed by atoms with Gasteiger partial charge in [0.1, 0.15) is 171 Å². The largest absolute Gasteiger partial charge is 0.432 e. The summed E-state index contributed by atoms with van der Waals surface area (Å²) in [5, 5.41) is 240. The van der Waals surface area contributed by atoms with Gasteiger partial charge in [0.25, 0.3) is 0 Å². The number of allylic oxidation sites excluding steroid dienone is 2. The normalized spacial score (nSPS) is 54.6. The monoisotopic (exact) mass is 1660 g/mol. The number of aliphatic hydroxyl groups excluding tert-OH is 22. The fraction of sp³-hybridized carbons (Fsp3) is 0.961. The maximum atomic E-state index is 15.4. The second kappa shape index (κ2) is 34.7. The Hall–Kier alpha value is -2.27. The maximum absolute atomic E-state index is 15.4. The second-order valence-corrected chi connectivity index (χ2v) is 36.7. The van der Waals surface area contributed by atoms with E-state index < -0.39 is 295 Å². The van der Waals surface area contributed by atoms with E-state index in [4.69, 9.17) is 75.8 Å². The summed E-state index contributed by atoms with van der Waals surface area (Å²) in [5.41, 5.74) is -1.78. The van der Waals surface area contributed by atoms with Crippen LogP contribution in [0.3, 0.4) is 0 Å². The predicted molar refractivity (Wildman–Crippen MR) is 379 cm³/mol. The summed E-state index contributed by atoms with van der Waals surface area (Å²) >= 11 is 0. The van der Waals surface area contributed by atoms with E-state index in [-0.39, 0.29) is 40.6 Å². The van der Waals surface area contributed by atoms with Crippen LogP contribution < -0.4 is 0 Å². The first-order valence-corrected chi connectivity index (χ1v) is 40.4. The third-order valence-electron chi connectivity index (χ3n) is 29.0. The molecule has 8 heterocycles. The first kappa shape index (κ1) is 90.5. The Kier molecular flexibility index (Phi) is 27.3. The Balaban J connectivity index is 0.639. The van der Waals surface area contributed by atoms with E-state index >= 15 is 4.79 Å². The quantitative estimate of drug-likeness (QED) is 0.0306. The number of carbonyl (C=O) groups excluding carboxylic acids is 1. The van der Waals surface area contributed by atoms with Gasteiger partial charge in [-0.05, 0) is 123 Å². The molecule has 0 aromatic rings. The van der Waals surface area contributed by atoms with Gasteiger partial charge in [0.05, 0.1) is 63.4 Å². The van der Waals surface area contributed by atoms with Crippen molar-refractivity contribution in [2.24, 2.45) is 50.2 Å². The van der Waals surface area contributed by atoms with Gasteiger partial charge in [0.15, 0.2) is 44.0 Å². The summed E-state index contributed by atoms with van der Waals surface area (Å²) in [5.74, 6) is -0.804. The summed E-state index contributed by atoms with van der Waals surface area (Å²) in [7, 11) is 0. The van der Waals surface area contributed by atoms with Gasteiger partial charge in [-0.1, -0.05) is 60.1 Å². The van der Waals surface area contributed by atoms with E-state index in [1.165, 1.54) is 13.8 Å². The summed E-state index contributed by atoms with van der Waals surface area (Å²) in [6.07, 6.45) is -56.4. The van der Waals surface area contributed by atoms with Crippen LogP contribution in [0.5, 0.6) is 0 Å². The molecule has 12 fully saturated rings. The zero-order valence-corrected chi connectivity index (χ0v) is 65.9. The Morgan fingerprint density at radius 1 is 0.417 bits per heavy atom. The van der Waals surface area contributed by atoms with Crippen LogP contribution in [0.1, 0.15) is 127 Å². The summed E-state index contributed by atoms with van der Waals surface area (Å²) in [6, 6.07) is 0. The molecule has 0 radical (unpaired) electrons. The molecule has 8 aliphatic heterocycles. The molecule has 8 saturated heterocycles. The number of ether oxygens (including phenoxy) is 16. The third kappa shape index (κ3) is 16.4. The SMILES string of the molecule is C[C@@H]1O[C@@H](O[C@H]2[C@H](O[C@H]3CC[C@]4(C)[C@H]5CC=C6[C@@H]7CC(C)(C)CC[C@]7(C(=O)O[C@H]7O[C@H](CO[C@H]8O[C@H](CO)[C@@H](O[C@H]9O[C@H](C)[C@@H](O)[C@H](O)[C@@H]9O)[C@H](O)[C@H]8O)[C@@H](O)[C@H](O)[C@H]7O)CC[C@@]6(C)[C@]5(C)CC[C@H]4C3(C)C)OC[C@H](O)[C@@H]2O)[C@H](O)[C@H](O[C@@H]2OC[C@@H](O[C@@H]3O[C@H](CO[C@@H]4O[C@H](CO)[C@@H](O)[C@H](O)[C@H]4O)[C@@H](O)[C@H](O)[C@H]3O)[C@@H](O)[C@H]2O)[C@H]1O. The molecule has 13 aliphatic rings. The van der Waals surface area contributed by atoms with E-state index in [2.05, 4.69) is 54.5 Å². The lowest BCUT2D eigenvalue weighted by Gasteiger charge is -2.71. The van der Waals surface area contributed by atoms with Crippen molar-refractivity contribution in [2.75, 3.05) is 39.6 Å². The van der Waals surface area contributed by atoms with Gasteiger partial charge in [-0.3, -0.25) is 4.79 Å². The minimum atomic E-state index is -2.02. The molecule has 13 rings (SSSR count). The fourth-order valence-corrected chi connectivity index (χ4v) is 21.5. The van der Waals surface area contributed by atoms with Crippen LogP contribution in [0, 0.1) is 50.2 Å². The highest BCUT2D eigenvalue weighted by Gasteiger charge is 2.71. The van der Waals surface area contributed by atoms with Crippen molar-refractivity contribution in [1.82, 2.24) is 0 Å². The van der Waals surface area contributed by atoms with Crippen LogP contribution >= 0.6 is 0 Å². The van der Waals surface area contributed by atoms with Gasteiger partial charge in [-0.15, -0.1) is 0 Å². The Bertz CT molecular complexity index is 3290. The average molecular weight is 1660 g/mol. The first-order chi connectivity index (χ1) is 54.0. The molecule has 0 aromatic carbocycles. The van der Waals surface area contributed by atoms with Crippen LogP contribution in [0.2, 0.25) is 0 Å². The summed E-state index contributed by atoms with van der Waals surface area (Å²) in [4.78, 5) is 15.4. The van der Waals surface area contributed by atoms with Crippen molar-refractivity contribution in [3.8, 4) is 0 Å². The van der Waals surface area contributed by atoms with Gasteiger partial charge < -0.3 is 188 Å². The lowest BCUT2D eigenvalue weighted by molar-refractivity contribution is -0.383. The summed E-state index contributed by atoms with van der Waals surface area (Å²) in [6.45, 7) is 14.6. The standard InChI is InChI=1S/C76H124O39/c1-27-40(80)47(87)54(94)65(104-27)112-59-33(22-78)107-63(57(97)51(59)91)102-25-35-45(85)50(90)56(96)67(110-35)115-70(99)76-18-16-71(3,4)20-30(76)29-10-11-38-73(7)14-13-39(72(5,6)37(73)12-15-75(38,9)74(29,8)17-19-76)111-69-61(42(82)31(79)23-100-69)114-68-58(98)60(41(81)28(2)105-68)113-64-52(92)46(86)36(26-103-64)109-66-55(95)49(89)44(84)34(108-66)24-101-62-53(93)48(88)43(83)32(21-77)106-62/h10,27-28,30-69,77-98H,11-26H2,1-9H3/t27-,28+,30+,31+,32-,33-,34-,35-,36-,37+,38-,39+,40-,41+,42+,43-,44-,45-,46-,47+,48+,49+,50+,51-,52-,53-,54+,55-,56-,57-,58-,59-,60-,61-,62-,63+,64+,65-,66+,67-,68+,69+,73+,74-,75-,76+/m1/s1. The molecule has 0 aromatic heterocycles. The summed E-state index contributed by atoms with van der Waals surface area (Å²) < 4.78 is 94.6. The van der Waals surface area contributed by atoms with E-state index in [0.29, 0.717) is 51.4 Å². The second-order valence-electron chi connectivity index (χ2n) is 36.7. The minimum absolute atomic E-state index is 0.0422. The average Bonchev–Trinajstić information content (AvgIpc) is 0.674. The van der Waals surface area contributed by atoms with Crippen molar-refractivity contribution in [3.05, 3.63) is 11.6 Å². The molecule has 0 unspecified atom stereocenters. The van der Waals surface area contributed by atoms with Crippen molar-refractivity contribution < 1.29 is 193 Å². The zero-order valence-electron chi connectivity index (χ0n) is 65.9. The minimum Gasteiger partial charge on any atom is -0.432 e. The topological polar surface area (TPSA) is 610 Å². The van der Waals surface area contributed by atoms with E-state index in [0.717, 1.165) is 18.4 Å². The number of esters is 1. The fourth-order valence-electron chi connectivity index (χ4n) is 21.5. The predicted octanol–water partition coefficient (Wildman–Crippen LogP) is -7.41. The number of aliphatic hydroxyl groups is 22. The highest BCUT2D eigenvalue weighted by atomic mass is 16.8. The van der Waals surface area contributed by atoms with Crippen LogP contribution in [-0.2, 0) is 80.6 Å². The van der Waals surface area contributed by atoms with Crippen molar-refractivity contribution in [3.63, 3.8) is 0 Å². The van der Waals surface area contributed by atoms with E-state index in [1.807, 2.05) is 0 Å². The lowest BCUT2D eigenvalue weighted by atomic mass is 9.33. The van der Waals surface area contributed by atoms with Gasteiger partial charge in [0, 0.05) is 0 Å². The zero-order chi connectivity index (χ0) is 83.7. The highest BCUT2D eigenvalue weighted by molar-refractivity contribution is 5.79. The first-order valence-electron chi connectivity index (χ1n) is 40.4. The highest BCUT2D eigenvalue weighted by Crippen LogP contribution is 2.76. The molecule has 115 heavy (non-hydrogen) atoms. The van der Waals surface area contributed by atoms with Gasteiger partial charge in [0.2, 0.25) is 6.29 Å².